The predicted octanol–water partition coefficient (Wildman–Crippen LogP) is 2.97. The average Bonchev–Trinajstić information content (AvgIpc) is 3.23. The number of aromatic nitrogens is 2. The highest BCUT2D eigenvalue weighted by molar-refractivity contribution is 5.89. The minimum absolute atomic E-state index is 0.227. The Kier molecular flexibility index (Phi) is 3.01. The molecule has 0 spiro atoms. The molecule has 0 saturated carbocycles. The molecule has 0 saturated heterocycles. The number of hydrogen-bond acceptors (Lipinski definition) is 4. The molecule has 0 aliphatic carbocycles. The SMILES string of the molecule is O=C(O)c1cccc(-c2cnn(-c3ccc4c(c3)OCO4)c2)c1. The molecule has 4 rings (SSSR count). The first kappa shape index (κ1) is 13.4. The molecule has 2 aromatic carbocycles. The van der Waals surface area contributed by atoms with Crippen LogP contribution in [0.5, 0.6) is 11.5 Å². The molecular formula is C17H12N2O4. The van der Waals surface area contributed by atoms with E-state index in [1.807, 2.05) is 30.5 Å². The van der Waals surface area contributed by atoms with Crippen molar-refractivity contribution in [2.24, 2.45) is 0 Å². The second kappa shape index (κ2) is 5.17. The van der Waals surface area contributed by atoms with Crippen LogP contribution in [0.4, 0.5) is 0 Å². The van der Waals surface area contributed by atoms with Gasteiger partial charge in [-0.1, -0.05) is 12.1 Å². The van der Waals surface area contributed by atoms with Crippen molar-refractivity contribution < 1.29 is 19.4 Å². The monoisotopic (exact) mass is 308 g/mol. The van der Waals surface area contributed by atoms with E-state index in [1.165, 1.54) is 0 Å². The normalized spacial score (nSPS) is 12.3. The Labute approximate surface area is 131 Å². The van der Waals surface area contributed by atoms with Crippen molar-refractivity contribution in [3.05, 3.63) is 60.4 Å². The number of rotatable bonds is 3. The zero-order chi connectivity index (χ0) is 15.8. The van der Waals surface area contributed by atoms with Gasteiger partial charge in [-0.3, -0.25) is 0 Å². The summed E-state index contributed by atoms with van der Waals surface area (Å²) in [6.07, 6.45) is 3.55. The third-order valence-corrected chi connectivity index (χ3v) is 3.65. The summed E-state index contributed by atoms with van der Waals surface area (Å²) in [4.78, 5) is 11.1. The number of aromatic carboxylic acids is 1. The zero-order valence-electron chi connectivity index (χ0n) is 12.0. The molecule has 0 radical (unpaired) electrons. The molecule has 0 fully saturated rings. The fourth-order valence-electron chi connectivity index (χ4n) is 2.47. The number of carboxylic acids is 1. The van der Waals surface area contributed by atoms with Gasteiger partial charge in [-0.25, -0.2) is 9.48 Å². The van der Waals surface area contributed by atoms with E-state index in [0.717, 1.165) is 22.6 Å². The van der Waals surface area contributed by atoms with Gasteiger partial charge in [-0.05, 0) is 29.8 Å². The first-order valence-corrected chi connectivity index (χ1v) is 6.99. The van der Waals surface area contributed by atoms with Crippen LogP contribution < -0.4 is 9.47 Å². The Morgan fingerprint density at radius 3 is 2.83 bits per heavy atom. The number of carboxylic acid groups (broad SMARTS) is 1. The van der Waals surface area contributed by atoms with Gasteiger partial charge < -0.3 is 14.6 Å². The van der Waals surface area contributed by atoms with Crippen molar-refractivity contribution >= 4 is 5.97 Å². The topological polar surface area (TPSA) is 73.6 Å². The van der Waals surface area contributed by atoms with Gasteiger partial charge in [0, 0.05) is 17.8 Å². The van der Waals surface area contributed by atoms with Gasteiger partial charge in [-0.2, -0.15) is 5.10 Å². The molecule has 23 heavy (non-hydrogen) atoms. The van der Waals surface area contributed by atoms with Gasteiger partial charge in [0.05, 0.1) is 17.4 Å². The quantitative estimate of drug-likeness (QED) is 0.805. The van der Waals surface area contributed by atoms with Gasteiger partial charge in [0.15, 0.2) is 11.5 Å². The molecule has 1 aliphatic rings. The molecule has 0 atom stereocenters. The Morgan fingerprint density at radius 2 is 1.96 bits per heavy atom. The third kappa shape index (κ3) is 2.40. The second-order valence-corrected chi connectivity index (χ2v) is 5.10. The standard InChI is InChI=1S/C17H12N2O4/c20-17(21)12-3-1-2-11(6-12)13-8-18-19(9-13)14-4-5-15-16(7-14)23-10-22-15/h1-9H,10H2,(H,20,21). The number of ether oxygens (including phenoxy) is 2. The lowest BCUT2D eigenvalue weighted by Crippen LogP contribution is -1.95. The molecule has 1 N–H and O–H groups in total. The van der Waals surface area contributed by atoms with Gasteiger partial charge in [-0.15, -0.1) is 0 Å². The lowest BCUT2D eigenvalue weighted by molar-refractivity contribution is 0.0697. The van der Waals surface area contributed by atoms with Crippen molar-refractivity contribution in [2.45, 2.75) is 0 Å². The van der Waals surface area contributed by atoms with E-state index in [2.05, 4.69) is 5.10 Å². The molecule has 1 aromatic heterocycles. The lowest BCUT2D eigenvalue weighted by Gasteiger charge is -2.03. The molecule has 3 aromatic rings. The maximum absolute atomic E-state index is 11.1. The van der Waals surface area contributed by atoms with Crippen LogP contribution in [0.25, 0.3) is 16.8 Å². The Balaban J connectivity index is 1.69. The highest BCUT2D eigenvalue weighted by atomic mass is 16.7. The van der Waals surface area contributed by atoms with Crippen LogP contribution in [-0.4, -0.2) is 27.6 Å². The predicted molar refractivity (Wildman–Crippen MR) is 82.1 cm³/mol. The molecule has 6 heteroatoms. The molecule has 6 nitrogen and oxygen atoms in total. The Hall–Kier alpha value is -3.28. The van der Waals surface area contributed by atoms with Crippen molar-refractivity contribution in [3.8, 4) is 28.3 Å². The highest BCUT2D eigenvalue weighted by Gasteiger charge is 2.14. The summed E-state index contributed by atoms with van der Waals surface area (Å²) < 4.78 is 12.4. The number of fused-ring (bicyclic) bond motifs is 1. The van der Waals surface area contributed by atoms with E-state index in [9.17, 15) is 4.79 Å². The molecule has 0 amide bonds. The molecule has 0 unspecified atom stereocenters. The van der Waals surface area contributed by atoms with Crippen LogP contribution >= 0.6 is 0 Å². The maximum Gasteiger partial charge on any atom is 0.335 e. The third-order valence-electron chi connectivity index (χ3n) is 3.65. The number of benzene rings is 2. The van der Waals surface area contributed by atoms with Crippen LogP contribution in [0.15, 0.2) is 54.9 Å². The number of carbonyl (C=O) groups is 1. The fraction of sp³-hybridized carbons (Fsp3) is 0.0588. The molecule has 1 aliphatic heterocycles. The van der Waals surface area contributed by atoms with Crippen LogP contribution in [0.1, 0.15) is 10.4 Å². The van der Waals surface area contributed by atoms with Crippen molar-refractivity contribution in [1.82, 2.24) is 9.78 Å². The van der Waals surface area contributed by atoms with Gasteiger partial charge in [0.2, 0.25) is 6.79 Å². The zero-order valence-corrected chi connectivity index (χ0v) is 12.0. The number of hydrogen-bond donors (Lipinski definition) is 1. The van der Waals surface area contributed by atoms with Gasteiger partial charge >= 0.3 is 5.97 Å². The summed E-state index contributed by atoms with van der Waals surface area (Å²) in [5.74, 6) is 0.456. The molecular weight excluding hydrogens is 296 g/mol. The Bertz CT molecular complexity index is 901. The molecule has 114 valence electrons. The minimum atomic E-state index is -0.949. The van der Waals surface area contributed by atoms with E-state index >= 15 is 0 Å². The van der Waals surface area contributed by atoms with E-state index < -0.39 is 5.97 Å². The first-order valence-electron chi connectivity index (χ1n) is 6.99. The summed E-state index contributed by atoms with van der Waals surface area (Å²) in [6.45, 7) is 0.227. The van der Waals surface area contributed by atoms with E-state index in [-0.39, 0.29) is 12.4 Å². The first-order chi connectivity index (χ1) is 11.2. The van der Waals surface area contributed by atoms with E-state index in [1.54, 1.807) is 29.1 Å². The van der Waals surface area contributed by atoms with Gasteiger partial charge in [0.1, 0.15) is 0 Å². The summed E-state index contributed by atoms with van der Waals surface area (Å²) in [6, 6.07) is 12.3. The highest BCUT2D eigenvalue weighted by Crippen LogP contribution is 2.33. The molecule has 2 heterocycles. The summed E-state index contributed by atoms with van der Waals surface area (Å²) in [5, 5.41) is 13.4. The van der Waals surface area contributed by atoms with Crippen LogP contribution in [0, 0.1) is 0 Å². The minimum Gasteiger partial charge on any atom is -0.478 e. The maximum atomic E-state index is 11.1. The Morgan fingerprint density at radius 1 is 1.09 bits per heavy atom. The van der Waals surface area contributed by atoms with E-state index in [4.69, 9.17) is 14.6 Å². The fourth-order valence-corrected chi connectivity index (χ4v) is 2.47. The number of nitrogens with zero attached hydrogens (tertiary/aromatic N) is 2. The van der Waals surface area contributed by atoms with Crippen molar-refractivity contribution in [2.75, 3.05) is 6.79 Å². The van der Waals surface area contributed by atoms with Crippen molar-refractivity contribution in [1.29, 1.82) is 0 Å². The van der Waals surface area contributed by atoms with Crippen molar-refractivity contribution in [3.63, 3.8) is 0 Å². The average molecular weight is 308 g/mol. The summed E-state index contributed by atoms with van der Waals surface area (Å²) in [7, 11) is 0. The lowest BCUT2D eigenvalue weighted by atomic mass is 10.1. The summed E-state index contributed by atoms with van der Waals surface area (Å²) >= 11 is 0. The smallest absolute Gasteiger partial charge is 0.335 e. The largest absolute Gasteiger partial charge is 0.478 e. The van der Waals surface area contributed by atoms with Crippen LogP contribution in [0.2, 0.25) is 0 Å². The van der Waals surface area contributed by atoms with Crippen LogP contribution in [-0.2, 0) is 0 Å². The molecule has 0 bridgehead atoms. The summed E-state index contributed by atoms with van der Waals surface area (Å²) in [5.41, 5.74) is 2.73. The second-order valence-electron chi connectivity index (χ2n) is 5.10. The van der Waals surface area contributed by atoms with Crippen LogP contribution in [0.3, 0.4) is 0 Å². The van der Waals surface area contributed by atoms with E-state index in [0.29, 0.717) is 5.75 Å². The van der Waals surface area contributed by atoms with Gasteiger partial charge in [0.25, 0.3) is 0 Å².